The number of halogens is 1. The van der Waals surface area contributed by atoms with E-state index in [-0.39, 0.29) is 0 Å². The molecular formula is C20H21ClN2O. The number of aromatic nitrogens is 2. The number of hydrogen-bond acceptors (Lipinski definition) is 2. The van der Waals surface area contributed by atoms with Gasteiger partial charge in [-0.3, -0.25) is 4.40 Å². The molecule has 2 heterocycles. The fraction of sp³-hybridized carbons (Fsp3) is 0.350. The average Bonchev–Trinajstić information content (AvgIpc) is 2.99. The number of nitrogens with zero attached hydrogens (tertiary/aromatic N) is 2. The van der Waals surface area contributed by atoms with E-state index in [9.17, 15) is 5.11 Å². The van der Waals surface area contributed by atoms with Gasteiger partial charge in [-0.2, -0.15) is 0 Å². The van der Waals surface area contributed by atoms with Crippen LogP contribution in [0.3, 0.4) is 0 Å². The molecule has 4 heteroatoms. The molecule has 1 N–H and O–H groups in total. The van der Waals surface area contributed by atoms with Crippen LogP contribution in [-0.2, 0) is 12.8 Å². The molecule has 124 valence electrons. The molecule has 24 heavy (non-hydrogen) atoms. The molecule has 1 aliphatic carbocycles. The predicted molar refractivity (Wildman–Crippen MR) is 97.5 cm³/mol. The summed E-state index contributed by atoms with van der Waals surface area (Å²) in [5, 5.41) is 11.2. The van der Waals surface area contributed by atoms with Crippen LogP contribution < -0.4 is 0 Å². The minimum absolute atomic E-state index is 0.565. The van der Waals surface area contributed by atoms with Gasteiger partial charge in [0.2, 0.25) is 0 Å². The third-order valence-electron chi connectivity index (χ3n) is 4.94. The number of fused-ring (bicyclic) bond motifs is 2. The second-order valence-corrected chi connectivity index (χ2v) is 6.97. The standard InChI is InChI=1S/C20H21ClN2O/c1-2-17(24)20-19(22-18-10-9-16(21)12-23(18)20)15-8-7-13-5-3-4-6-14(13)11-15/h7-12,17,24H,2-6H2,1H3. The highest BCUT2D eigenvalue weighted by Crippen LogP contribution is 2.33. The van der Waals surface area contributed by atoms with Gasteiger partial charge in [0.1, 0.15) is 5.65 Å². The van der Waals surface area contributed by atoms with Crippen molar-refractivity contribution >= 4 is 17.2 Å². The maximum atomic E-state index is 10.6. The Morgan fingerprint density at radius 1 is 1.17 bits per heavy atom. The third-order valence-corrected chi connectivity index (χ3v) is 5.17. The lowest BCUT2D eigenvalue weighted by Crippen LogP contribution is -2.04. The van der Waals surface area contributed by atoms with E-state index >= 15 is 0 Å². The average molecular weight is 341 g/mol. The Morgan fingerprint density at radius 2 is 1.96 bits per heavy atom. The lowest BCUT2D eigenvalue weighted by Gasteiger charge is -2.17. The third kappa shape index (κ3) is 2.62. The van der Waals surface area contributed by atoms with E-state index in [1.165, 1.54) is 30.4 Å². The Bertz CT molecular complexity index is 900. The normalized spacial score (nSPS) is 15.5. The molecule has 0 amide bonds. The zero-order valence-corrected chi connectivity index (χ0v) is 14.6. The Hall–Kier alpha value is -1.84. The number of aryl methyl sites for hydroxylation is 2. The highest BCUT2D eigenvalue weighted by Gasteiger charge is 2.21. The van der Waals surface area contributed by atoms with Crippen molar-refractivity contribution in [2.75, 3.05) is 0 Å². The van der Waals surface area contributed by atoms with E-state index in [2.05, 4.69) is 18.2 Å². The molecule has 2 aromatic heterocycles. The molecule has 1 unspecified atom stereocenters. The first-order valence-corrected chi connectivity index (χ1v) is 9.03. The molecule has 3 nitrogen and oxygen atoms in total. The summed E-state index contributed by atoms with van der Waals surface area (Å²) in [5.74, 6) is 0. The smallest absolute Gasteiger partial charge is 0.137 e. The lowest BCUT2D eigenvalue weighted by atomic mass is 9.89. The van der Waals surface area contributed by atoms with Gasteiger partial charge >= 0.3 is 0 Å². The van der Waals surface area contributed by atoms with Crippen LogP contribution >= 0.6 is 11.6 Å². The molecule has 1 aliphatic rings. The number of aliphatic hydroxyl groups excluding tert-OH is 1. The number of imidazole rings is 1. The van der Waals surface area contributed by atoms with Gasteiger partial charge in [0.05, 0.1) is 22.5 Å². The lowest BCUT2D eigenvalue weighted by molar-refractivity contribution is 0.168. The summed E-state index contributed by atoms with van der Waals surface area (Å²) in [7, 11) is 0. The van der Waals surface area contributed by atoms with Gasteiger partial charge < -0.3 is 5.11 Å². The van der Waals surface area contributed by atoms with Crippen molar-refractivity contribution in [1.82, 2.24) is 9.38 Å². The van der Waals surface area contributed by atoms with Crippen LogP contribution in [0, 0.1) is 0 Å². The molecule has 4 rings (SSSR count). The Labute approximate surface area is 146 Å². The van der Waals surface area contributed by atoms with Crippen molar-refractivity contribution in [3.63, 3.8) is 0 Å². The number of aliphatic hydroxyl groups is 1. The maximum Gasteiger partial charge on any atom is 0.137 e. The van der Waals surface area contributed by atoms with E-state index in [0.29, 0.717) is 11.4 Å². The van der Waals surface area contributed by atoms with Gasteiger partial charge in [-0.1, -0.05) is 30.7 Å². The Balaban J connectivity index is 1.92. The van der Waals surface area contributed by atoms with E-state index in [1.54, 1.807) is 0 Å². The molecular weight excluding hydrogens is 320 g/mol. The summed E-state index contributed by atoms with van der Waals surface area (Å²) >= 11 is 6.16. The first-order valence-electron chi connectivity index (χ1n) is 8.65. The van der Waals surface area contributed by atoms with Crippen LogP contribution in [0.15, 0.2) is 36.5 Å². The summed E-state index contributed by atoms with van der Waals surface area (Å²) in [6.45, 7) is 1.98. The van der Waals surface area contributed by atoms with Crippen LogP contribution in [0.25, 0.3) is 16.9 Å². The molecule has 0 aliphatic heterocycles. The highest BCUT2D eigenvalue weighted by atomic mass is 35.5. The minimum atomic E-state index is -0.565. The second kappa shape index (κ2) is 6.23. The van der Waals surface area contributed by atoms with E-state index in [4.69, 9.17) is 16.6 Å². The van der Waals surface area contributed by atoms with Crippen molar-refractivity contribution in [3.8, 4) is 11.3 Å². The number of benzene rings is 1. The summed E-state index contributed by atoms with van der Waals surface area (Å²) in [5.41, 5.74) is 6.46. The molecule has 1 aromatic carbocycles. The summed E-state index contributed by atoms with van der Waals surface area (Å²) in [4.78, 5) is 4.79. The van der Waals surface area contributed by atoms with Gasteiger partial charge in [-0.15, -0.1) is 0 Å². The van der Waals surface area contributed by atoms with Gasteiger partial charge in [0.25, 0.3) is 0 Å². The maximum absolute atomic E-state index is 10.6. The van der Waals surface area contributed by atoms with Crippen LogP contribution in [0.2, 0.25) is 5.02 Å². The molecule has 0 spiro atoms. The van der Waals surface area contributed by atoms with E-state index in [1.807, 2.05) is 29.7 Å². The summed E-state index contributed by atoms with van der Waals surface area (Å²) in [6.07, 6.45) is 6.73. The molecule has 0 saturated heterocycles. The highest BCUT2D eigenvalue weighted by molar-refractivity contribution is 6.30. The molecule has 1 atom stereocenters. The van der Waals surface area contributed by atoms with E-state index in [0.717, 1.165) is 29.0 Å². The topological polar surface area (TPSA) is 37.5 Å². The van der Waals surface area contributed by atoms with Crippen molar-refractivity contribution in [3.05, 3.63) is 58.4 Å². The first kappa shape index (κ1) is 15.7. The first-order chi connectivity index (χ1) is 11.7. The number of rotatable bonds is 3. The molecule has 0 bridgehead atoms. The summed E-state index contributed by atoms with van der Waals surface area (Å²) < 4.78 is 1.92. The van der Waals surface area contributed by atoms with Crippen LogP contribution in [0.4, 0.5) is 0 Å². The van der Waals surface area contributed by atoms with Crippen LogP contribution in [-0.4, -0.2) is 14.5 Å². The zero-order valence-electron chi connectivity index (χ0n) is 13.8. The van der Waals surface area contributed by atoms with Crippen molar-refractivity contribution in [2.24, 2.45) is 0 Å². The Morgan fingerprint density at radius 3 is 2.75 bits per heavy atom. The Kier molecular flexibility index (Phi) is 4.07. The zero-order chi connectivity index (χ0) is 16.7. The van der Waals surface area contributed by atoms with Crippen molar-refractivity contribution in [2.45, 2.75) is 45.1 Å². The fourth-order valence-corrected chi connectivity index (χ4v) is 3.80. The molecule has 0 radical (unpaired) electrons. The van der Waals surface area contributed by atoms with Gasteiger partial charge in [-0.05, 0) is 61.4 Å². The molecule has 0 saturated carbocycles. The minimum Gasteiger partial charge on any atom is -0.387 e. The summed E-state index contributed by atoms with van der Waals surface area (Å²) in [6, 6.07) is 10.4. The monoisotopic (exact) mass is 340 g/mol. The largest absolute Gasteiger partial charge is 0.387 e. The van der Waals surface area contributed by atoms with Crippen LogP contribution in [0.5, 0.6) is 0 Å². The van der Waals surface area contributed by atoms with E-state index < -0.39 is 6.10 Å². The predicted octanol–water partition coefficient (Wildman–Crippen LogP) is 4.98. The van der Waals surface area contributed by atoms with Gasteiger partial charge in [0, 0.05) is 11.8 Å². The van der Waals surface area contributed by atoms with Crippen molar-refractivity contribution in [1.29, 1.82) is 0 Å². The van der Waals surface area contributed by atoms with Gasteiger partial charge in [0.15, 0.2) is 0 Å². The second-order valence-electron chi connectivity index (χ2n) is 6.54. The number of hydrogen-bond donors (Lipinski definition) is 1. The quantitative estimate of drug-likeness (QED) is 0.730. The molecule has 0 fully saturated rings. The van der Waals surface area contributed by atoms with Crippen LogP contribution in [0.1, 0.15) is 49.1 Å². The SMILES string of the molecule is CCC(O)c1c(-c2ccc3c(c2)CCCC3)nc2ccc(Cl)cn12. The molecule has 3 aromatic rings. The number of pyridine rings is 1. The van der Waals surface area contributed by atoms with Gasteiger partial charge in [-0.25, -0.2) is 4.98 Å². The van der Waals surface area contributed by atoms with Crippen molar-refractivity contribution < 1.29 is 5.11 Å². The fourth-order valence-electron chi connectivity index (χ4n) is 3.64.